The molecule has 112 heavy (non-hydrogen) atoms. The van der Waals surface area contributed by atoms with Crippen LogP contribution >= 0.6 is 0 Å². The molecule has 20 aromatic rings. The topological polar surface area (TPSA) is 16.3 Å². The van der Waals surface area contributed by atoms with E-state index >= 15 is 0 Å². The van der Waals surface area contributed by atoms with E-state index in [1.807, 2.05) is 83.4 Å². The molecule has 0 aliphatic rings. The van der Waals surface area contributed by atoms with Crippen molar-refractivity contribution in [2.45, 2.75) is 0 Å². The smallest absolute Gasteiger partial charge is 0.0651 e. The van der Waals surface area contributed by atoms with Crippen molar-refractivity contribution < 1.29 is 82.2 Å². The molecule has 0 radical (unpaired) electrons. The van der Waals surface area contributed by atoms with E-state index < -0.39 is 491 Å². The van der Waals surface area contributed by atoms with Crippen LogP contribution in [0.4, 0.5) is 34.1 Å². The number of nitrogens with zero attached hydrogens (tertiary/aromatic N) is 4. The van der Waals surface area contributed by atoms with Gasteiger partial charge in [0, 0.05) is 66.8 Å². The SMILES string of the molecule is [2H]c1c([2H])c([2H])c(-c2c([2H])c([2H])c(N(c3c([2H])c([2H])c(-c4c([2H])c([2H])c5c(c4[2H])c4c([2H])c([2H])c([2H])c([2H])c4n5-c4c([2H])c([2H])c([2H])c(-c5c([2H])c([2H])c([2H])c([2H])c5[2H])c4[2H])c([2H])c3[2H])c3c([2H])c([2H])c([2H])c([2H])c3-c3c([2H])c([2H])c([2H])c([2H])c3[2H])c([2H])c2[2H])c([2H])c1[2H].[2H]c1c([2H])c([2H])c(-c2c([2H])c([2H])c(N(c3c([2H])c([2H])c(-c4ccc5c(c4)c4ccccc4n5-c4cccc(-c5ccccc5)c4)c([2H])c3[2H])c3c([2H])c([2H])c([2H])c([2H])c3-c3c([2H])c([2H])c([2H])c([2H])c3[2H])c([2H])c2[2H])c([2H])c1[2H]. The van der Waals surface area contributed by atoms with E-state index in [2.05, 4.69) is 0 Å². The number of fused-ring (bicyclic) bond motifs is 6. The molecule has 0 saturated heterocycles. The van der Waals surface area contributed by atoms with Crippen LogP contribution in [0.25, 0.3) is 144 Å². The Balaban J connectivity index is 0.000000213. The lowest BCUT2D eigenvalue weighted by Gasteiger charge is -2.28. The first-order valence-electron chi connectivity index (χ1n) is 63.5. The first kappa shape index (κ1) is 29.3. The lowest BCUT2D eigenvalue weighted by molar-refractivity contribution is 1.18. The molecule has 0 aliphatic carbocycles. The monoisotopic (exact) mass is 1490 g/mol. The third-order valence-electron chi connectivity index (χ3n) is 17.3. The van der Waals surface area contributed by atoms with Gasteiger partial charge in [-0.3, -0.25) is 0 Å². The fourth-order valence-corrected chi connectivity index (χ4v) is 12.3. The normalized spacial score (nSPS) is 18.7. The van der Waals surface area contributed by atoms with Crippen molar-refractivity contribution in [1.82, 2.24) is 9.13 Å². The molecule has 528 valence electrons. The summed E-state index contributed by atoms with van der Waals surface area (Å²) in [6, 6.07) is -34.3. The second-order valence-corrected chi connectivity index (χ2v) is 23.8. The van der Waals surface area contributed by atoms with E-state index in [4.69, 9.17) is 45.2 Å². The van der Waals surface area contributed by atoms with Gasteiger partial charge >= 0.3 is 0 Å². The highest BCUT2D eigenvalue weighted by Crippen LogP contribution is 2.46. The number of hydrogen-bond donors (Lipinski definition) is 0. The number of aromatic nitrogens is 2. The van der Waals surface area contributed by atoms with Crippen molar-refractivity contribution in [3.8, 4) is 100 Å². The van der Waals surface area contributed by atoms with E-state index in [9.17, 15) is 37.0 Å². The molecule has 0 amide bonds. The maximum absolute atomic E-state index is 9.91. The van der Waals surface area contributed by atoms with Crippen LogP contribution in [-0.4, -0.2) is 9.13 Å². The van der Waals surface area contributed by atoms with Crippen LogP contribution in [0, 0.1) is 0 Å². The fourth-order valence-electron chi connectivity index (χ4n) is 12.3. The Morgan fingerprint density at radius 1 is 0.188 bits per heavy atom. The second-order valence-electron chi connectivity index (χ2n) is 23.8. The van der Waals surface area contributed by atoms with E-state index in [0.717, 1.165) is 33.2 Å². The molecular formula is C108H76N4. The number of para-hydroxylation sites is 4. The van der Waals surface area contributed by atoms with Gasteiger partial charge in [-0.2, -0.15) is 0 Å². The Morgan fingerprint density at radius 2 is 0.571 bits per heavy atom. The zero-order chi connectivity index (χ0) is 127. The van der Waals surface area contributed by atoms with Crippen LogP contribution in [0.3, 0.4) is 0 Å². The summed E-state index contributed by atoms with van der Waals surface area (Å²) in [6.45, 7) is 0. The molecule has 0 saturated carbocycles. The van der Waals surface area contributed by atoms with Gasteiger partial charge in [0.25, 0.3) is 0 Å². The second kappa shape index (κ2) is 30.4. The molecule has 0 bridgehead atoms. The molecular weight excluding hydrogens is 1350 g/mol. The molecule has 0 fully saturated rings. The standard InChI is InChI=1S/2C54H38N2/c2*1-4-15-39(16-5-1)41-27-32-46(33-28-41)55(52-25-12-10-23-49(52)43-19-8-3-9-20-43)47-34-29-42(30-35-47)45-31-36-54-51(38-45)50-24-11-13-26-53(50)56(54)48-22-14-21-44(37-48)40-17-6-2-7-18-40/h2*1-38H/i1D,2D,3D,4D,5D,6D,7D,8D,9D,10D,11D,12D,13D,14D,15D,16D,17D,18D,19D,20D,21D,22D,23D,24D,25D,26D,27D,28D,29D,30D,31D,32D,33D,34D,35D,36D,37D,38D;1D,3D,4D,5D,8D,9D,10D,12D,15D,16D,19D,20D,23D,25D,27D,28D,29D,30D,32D,33D,34D,35D. The Morgan fingerprint density at radius 3 is 1.12 bits per heavy atom. The van der Waals surface area contributed by atoms with Gasteiger partial charge in [0.1, 0.15) is 0 Å². The summed E-state index contributed by atoms with van der Waals surface area (Å²) in [7, 11) is 0. The Hall–Kier alpha value is -14.8. The number of anilines is 6. The third-order valence-corrected chi connectivity index (χ3v) is 17.3. The number of benzene rings is 18. The van der Waals surface area contributed by atoms with Crippen LogP contribution < -0.4 is 9.80 Å². The van der Waals surface area contributed by atoms with E-state index in [0.29, 0.717) is 14.9 Å². The predicted molar refractivity (Wildman–Crippen MR) is 474 cm³/mol. The van der Waals surface area contributed by atoms with Crippen LogP contribution in [-0.2, 0) is 0 Å². The van der Waals surface area contributed by atoms with Gasteiger partial charge in [0.15, 0.2) is 0 Å². The quantitative estimate of drug-likeness (QED) is 0.0959. The molecule has 0 spiro atoms. The van der Waals surface area contributed by atoms with Gasteiger partial charge in [-0.25, -0.2) is 0 Å². The fraction of sp³-hybridized carbons (Fsp3) is 0. The van der Waals surface area contributed by atoms with Crippen LogP contribution in [0.15, 0.2) is 460 Å². The summed E-state index contributed by atoms with van der Waals surface area (Å²) in [4.78, 5) is 0.723. The number of rotatable bonds is 16. The van der Waals surface area contributed by atoms with Crippen molar-refractivity contribution >= 4 is 77.7 Å². The zero-order valence-electron chi connectivity index (χ0n) is 117. The summed E-state index contributed by atoms with van der Waals surface area (Å²) < 4.78 is 543. The van der Waals surface area contributed by atoms with Gasteiger partial charge in [-0.05, 0) is 199 Å². The Kier molecular flexibility index (Phi) is 7.96. The summed E-state index contributed by atoms with van der Waals surface area (Å²) in [5, 5.41) is -0.137. The minimum absolute atomic E-state index is 0.187. The van der Waals surface area contributed by atoms with Crippen molar-refractivity contribution in [2.75, 3.05) is 9.80 Å². The van der Waals surface area contributed by atoms with Crippen molar-refractivity contribution in [3.05, 3.63) is 460 Å². The first-order valence-corrected chi connectivity index (χ1v) is 33.5. The highest BCUT2D eigenvalue weighted by Gasteiger charge is 2.22. The van der Waals surface area contributed by atoms with Gasteiger partial charge in [0.05, 0.1) is 116 Å². The van der Waals surface area contributed by atoms with Crippen LogP contribution in [0.5, 0.6) is 0 Å². The van der Waals surface area contributed by atoms with Crippen molar-refractivity contribution in [1.29, 1.82) is 0 Å². The minimum Gasteiger partial charge on any atom is -0.310 e. The third kappa shape index (κ3) is 13.4. The van der Waals surface area contributed by atoms with Crippen LogP contribution in [0.2, 0.25) is 0 Å². The molecule has 0 N–H and O–H groups in total. The van der Waals surface area contributed by atoms with E-state index in [1.165, 1.54) is 0 Å². The molecule has 2 aromatic heterocycles. The molecule has 0 aliphatic heterocycles. The lowest BCUT2D eigenvalue weighted by Crippen LogP contribution is -2.11. The summed E-state index contributed by atoms with van der Waals surface area (Å²) in [5.74, 6) is 0. The highest BCUT2D eigenvalue weighted by atomic mass is 15.2. The largest absolute Gasteiger partial charge is 0.310 e. The lowest BCUT2D eigenvalue weighted by atomic mass is 10.00. The van der Waals surface area contributed by atoms with Gasteiger partial charge < -0.3 is 18.9 Å². The first-order chi connectivity index (χ1) is 80.5. The number of hydrogen-bond acceptors (Lipinski definition) is 2. The molecule has 4 heteroatoms. The van der Waals surface area contributed by atoms with Gasteiger partial charge in [-0.1, -0.05) is 339 Å². The van der Waals surface area contributed by atoms with Crippen molar-refractivity contribution in [3.63, 3.8) is 0 Å². The summed E-state index contributed by atoms with van der Waals surface area (Å²) >= 11 is 0. The molecule has 0 unspecified atom stereocenters. The zero-order valence-corrected chi connectivity index (χ0v) is 57.0. The Labute approximate surface area is 738 Å². The Bertz CT molecular complexity index is 10400. The highest BCUT2D eigenvalue weighted by molar-refractivity contribution is 6.12. The molecule has 18 aromatic carbocycles. The molecule has 4 nitrogen and oxygen atoms in total. The predicted octanol–water partition coefficient (Wildman–Crippen LogP) is 29.8. The average Bonchev–Trinajstić information content (AvgIpc) is 1.52. The van der Waals surface area contributed by atoms with Crippen LogP contribution in [0.1, 0.15) is 82.2 Å². The average molecular weight is 1490 g/mol. The van der Waals surface area contributed by atoms with Crippen molar-refractivity contribution in [2.24, 2.45) is 0 Å². The van der Waals surface area contributed by atoms with Gasteiger partial charge in [0.2, 0.25) is 0 Å². The maximum Gasteiger partial charge on any atom is 0.0651 e. The van der Waals surface area contributed by atoms with E-state index in [1.54, 1.807) is 18.2 Å². The molecule has 20 rings (SSSR count). The van der Waals surface area contributed by atoms with E-state index in [-0.39, 0.29) is 16.0 Å². The summed E-state index contributed by atoms with van der Waals surface area (Å²) in [6.07, 6.45) is 0. The summed E-state index contributed by atoms with van der Waals surface area (Å²) in [5.41, 5.74) is -16.4. The van der Waals surface area contributed by atoms with Gasteiger partial charge in [-0.15, -0.1) is 0 Å². The minimum atomic E-state index is -1.45. The maximum atomic E-state index is 9.91. The molecule has 2 heterocycles. The molecule has 0 atom stereocenters.